The fraction of sp³-hybridized carbons (Fsp3) is 0.424. The van der Waals surface area contributed by atoms with E-state index in [1.54, 1.807) is 18.3 Å². The van der Waals surface area contributed by atoms with Crippen molar-refractivity contribution in [2.24, 2.45) is 0 Å². The van der Waals surface area contributed by atoms with Crippen LogP contribution < -0.4 is 5.32 Å². The molecule has 0 unspecified atom stereocenters. The number of halogens is 3. The number of carbonyl (C=O) groups is 2. The SMILES string of the molecule is CCCc1ccc(C(=O)Nc2ccc(CN3CCN(C)CC3)c(C(F)(F)F)c2)cc1CCc1ccc(CC(C)=O)nc1. The Balaban J connectivity index is 1.48. The molecule has 0 atom stereocenters. The minimum Gasteiger partial charge on any atom is -0.322 e. The Bertz CT molecular complexity index is 1380. The summed E-state index contributed by atoms with van der Waals surface area (Å²) in [6.07, 6.45) is 0.748. The van der Waals surface area contributed by atoms with Crippen molar-refractivity contribution < 1.29 is 22.8 Å². The van der Waals surface area contributed by atoms with Crippen LogP contribution in [0.4, 0.5) is 18.9 Å². The molecule has 3 aromatic rings. The number of alkyl halides is 3. The van der Waals surface area contributed by atoms with Crippen LogP contribution in [0.3, 0.4) is 0 Å². The van der Waals surface area contributed by atoms with Gasteiger partial charge in [0.1, 0.15) is 5.78 Å². The van der Waals surface area contributed by atoms with Crippen LogP contribution in [-0.2, 0) is 43.2 Å². The molecule has 6 nitrogen and oxygen atoms in total. The topological polar surface area (TPSA) is 65.5 Å². The normalized spacial score (nSPS) is 14.6. The third kappa shape index (κ3) is 8.72. The Labute approximate surface area is 245 Å². The highest BCUT2D eigenvalue weighted by Gasteiger charge is 2.34. The van der Waals surface area contributed by atoms with Crippen molar-refractivity contribution in [1.29, 1.82) is 0 Å². The van der Waals surface area contributed by atoms with Crippen LogP contribution in [0, 0.1) is 0 Å². The molecule has 9 heteroatoms. The number of piperazine rings is 1. The molecule has 2 aromatic carbocycles. The summed E-state index contributed by atoms with van der Waals surface area (Å²) in [5, 5.41) is 2.68. The van der Waals surface area contributed by atoms with Crippen LogP contribution in [-0.4, -0.2) is 59.7 Å². The molecule has 0 aliphatic carbocycles. The predicted octanol–water partition coefficient (Wildman–Crippen LogP) is 5.97. The number of nitrogens with one attached hydrogen (secondary N) is 1. The zero-order valence-corrected chi connectivity index (χ0v) is 24.6. The summed E-state index contributed by atoms with van der Waals surface area (Å²) in [4.78, 5) is 33.1. The Kier molecular flexibility index (Phi) is 10.5. The molecule has 2 heterocycles. The standard InChI is InChI=1S/C33H39F3N4O2/c1-4-5-25-9-10-27(19-26(25)8-6-24-7-12-29(37-21-24)18-23(2)41)32(42)38-30-13-11-28(31(20-30)33(34,35)36)22-40-16-14-39(3)15-17-40/h7,9-13,19-21H,4-6,8,14-18,22H2,1-3H3,(H,38,42). The number of aryl methyl sites for hydroxylation is 3. The van der Waals surface area contributed by atoms with Crippen LogP contribution in [0.25, 0.3) is 0 Å². The van der Waals surface area contributed by atoms with Crippen molar-refractivity contribution in [3.05, 3.63) is 93.8 Å². The van der Waals surface area contributed by atoms with Crippen LogP contribution in [0.2, 0.25) is 0 Å². The van der Waals surface area contributed by atoms with Gasteiger partial charge in [-0.25, -0.2) is 0 Å². The number of likely N-dealkylation sites (N-methyl/N-ethyl adjacent to an activating group) is 1. The molecule has 0 saturated carbocycles. The van der Waals surface area contributed by atoms with Crippen LogP contribution >= 0.6 is 0 Å². The van der Waals surface area contributed by atoms with E-state index in [-0.39, 0.29) is 23.6 Å². The van der Waals surface area contributed by atoms with Crippen molar-refractivity contribution in [1.82, 2.24) is 14.8 Å². The van der Waals surface area contributed by atoms with E-state index in [0.717, 1.165) is 54.4 Å². The first kappa shape index (κ1) is 31.4. The first-order valence-corrected chi connectivity index (χ1v) is 14.5. The number of rotatable bonds is 11. The van der Waals surface area contributed by atoms with E-state index in [4.69, 9.17) is 0 Å². The zero-order valence-electron chi connectivity index (χ0n) is 24.6. The van der Waals surface area contributed by atoms with Crippen molar-refractivity contribution in [2.45, 2.75) is 58.7 Å². The molecule has 0 radical (unpaired) electrons. The molecule has 1 fully saturated rings. The number of amides is 1. The fourth-order valence-corrected chi connectivity index (χ4v) is 5.26. The molecule has 1 aromatic heterocycles. The molecule has 4 rings (SSSR count). The number of benzene rings is 2. The van der Waals surface area contributed by atoms with Gasteiger partial charge in [-0.05, 0) is 85.8 Å². The minimum atomic E-state index is -4.53. The zero-order chi connectivity index (χ0) is 30.3. The van der Waals surface area contributed by atoms with E-state index in [9.17, 15) is 22.8 Å². The number of aromatic nitrogens is 1. The quantitative estimate of drug-likeness (QED) is 0.303. The van der Waals surface area contributed by atoms with Crippen molar-refractivity contribution in [3.63, 3.8) is 0 Å². The molecule has 1 aliphatic rings. The highest BCUT2D eigenvalue weighted by Crippen LogP contribution is 2.35. The summed E-state index contributed by atoms with van der Waals surface area (Å²) in [6, 6.07) is 13.4. The first-order chi connectivity index (χ1) is 20.0. The molecule has 224 valence electrons. The first-order valence-electron chi connectivity index (χ1n) is 14.5. The van der Waals surface area contributed by atoms with Gasteiger partial charge in [0.15, 0.2) is 0 Å². The van der Waals surface area contributed by atoms with Crippen molar-refractivity contribution in [2.75, 3.05) is 38.5 Å². The summed E-state index contributed by atoms with van der Waals surface area (Å²) in [5.74, 6) is -0.389. The predicted molar refractivity (Wildman–Crippen MR) is 159 cm³/mol. The van der Waals surface area contributed by atoms with Gasteiger partial charge >= 0.3 is 6.18 Å². The number of nitrogens with zero attached hydrogens (tertiary/aromatic N) is 3. The summed E-state index contributed by atoms with van der Waals surface area (Å²) in [5.41, 5.74) is 3.92. The summed E-state index contributed by atoms with van der Waals surface area (Å²) >= 11 is 0. The number of carbonyl (C=O) groups excluding carboxylic acids is 2. The van der Waals surface area contributed by atoms with E-state index in [1.165, 1.54) is 13.0 Å². The lowest BCUT2D eigenvalue weighted by molar-refractivity contribution is -0.138. The Hall–Kier alpha value is -3.56. The van der Waals surface area contributed by atoms with Crippen molar-refractivity contribution >= 4 is 17.4 Å². The largest absolute Gasteiger partial charge is 0.416 e. The van der Waals surface area contributed by atoms with Gasteiger partial charge in [0, 0.05) is 62.3 Å². The molecule has 1 amide bonds. The smallest absolute Gasteiger partial charge is 0.322 e. The van der Waals surface area contributed by atoms with Gasteiger partial charge < -0.3 is 10.2 Å². The number of anilines is 1. The molecule has 0 bridgehead atoms. The monoisotopic (exact) mass is 580 g/mol. The number of ketones is 1. The fourth-order valence-electron chi connectivity index (χ4n) is 5.26. The third-order valence-electron chi connectivity index (χ3n) is 7.65. The van der Waals surface area contributed by atoms with Gasteiger partial charge in [0.25, 0.3) is 5.91 Å². The van der Waals surface area contributed by atoms with E-state index in [0.29, 0.717) is 37.9 Å². The molecule has 42 heavy (non-hydrogen) atoms. The summed E-state index contributed by atoms with van der Waals surface area (Å²) in [6.45, 7) is 6.90. The van der Waals surface area contributed by atoms with Gasteiger partial charge in [-0.3, -0.25) is 19.5 Å². The molecule has 1 aliphatic heterocycles. The maximum atomic E-state index is 14.0. The Morgan fingerprint density at radius 1 is 0.905 bits per heavy atom. The Morgan fingerprint density at radius 3 is 2.29 bits per heavy atom. The second kappa shape index (κ2) is 14.1. The number of hydrogen-bond donors (Lipinski definition) is 1. The second-order valence-corrected chi connectivity index (χ2v) is 11.2. The average Bonchev–Trinajstić information content (AvgIpc) is 2.94. The molecular formula is C33H39F3N4O2. The molecule has 1 saturated heterocycles. The maximum absolute atomic E-state index is 14.0. The van der Waals surface area contributed by atoms with Gasteiger partial charge in [-0.15, -0.1) is 0 Å². The van der Waals surface area contributed by atoms with Gasteiger partial charge in [0.05, 0.1) is 5.56 Å². The lowest BCUT2D eigenvalue weighted by Crippen LogP contribution is -2.44. The summed E-state index contributed by atoms with van der Waals surface area (Å²) in [7, 11) is 2.00. The summed E-state index contributed by atoms with van der Waals surface area (Å²) < 4.78 is 42.1. The van der Waals surface area contributed by atoms with E-state index < -0.39 is 17.6 Å². The van der Waals surface area contributed by atoms with Gasteiger partial charge in [-0.2, -0.15) is 13.2 Å². The number of pyridine rings is 1. The Morgan fingerprint density at radius 2 is 1.64 bits per heavy atom. The van der Waals surface area contributed by atoms with Crippen LogP contribution in [0.15, 0.2) is 54.7 Å². The van der Waals surface area contributed by atoms with Crippen molar-refractivity contribution in [3.8, 4) is 0 Å². The second-order valence-electron chi connectivity index (χ2n) is 11.2. The lowest BCUT2D eigenvalue weighted by Gasteiger charge is -2.33. The van der Waals surface area contributed by atoms with E-state index >= 15 is 0 Å². The number of hydrogen-bond acceptors (Lipinski definition) is 5. The average molecular weight is 581 g/mol. The lowest BCUT2D eigenvalue weighted by atomic mass is 9.95. The highest BCUT2D eigenvalue weighted by molar-refractivity contribution is 6.04. The van der Waals surface area contributed by atoms with E-state index in [1.807, 2.05) is 36.2 Å². The van der Waals surface area contributed by atoms with E-state index in [2.05, 4.69) is 22.1 Å². The van der Waals surface area contributed by atoms with Crippen LogP contribution in [0.1, 0.15) is 64.1 Å². The highest BCUT2D eigenvalue weighted by atomic mass is 19.4. The maximum Gasteiger partial charge on any atom is 0.416 e. The number of Topliss-reactive ketones (excluding diaryl/α,β-unsaturated/α-hetero) is 1. The van der Waals surface area contributed by atoms with Gasteiger partial charge in [-0.1, -0.05) is 31.5 Å². The third-order valence-corrected chi connectivity index (χ3v) is 7.65. The van der Waals surface area contributed by atoms with Crippen LogP contribution in [0.5, 0.6) is 0 Å². The molecule has 1 N–H and O–H groups in total. The molecular weight excluding hydrogens is 541 g/mol. The molecule has 0 spiro atoms. The van der Waals surface area contributed by atoms with Gasteiger partial charge in [0.2, 0.25) is 0 Å². The minimum absolute atomic E-state index is 0.0609.